The van der Waals surface area contributed by atoms with E-state index in [1.54, 1.807) is 13.3 Å². The number of nitrogens with zero attached hydrogens (tertiary/aromatic N) is 4. The second-order valence-corrected chi connectivity index (χ2v) is 7.23. The van der Waals surface area contributed by atoms with Gasteiger partial charge in [0, 0.05) is 49.2 Å². The van der Waals surface area contributed by atoms with Crippen LogP contribution in [0, 0.1) is 11.3 Å². The molecule has 7 nitrogen and oxygen atoms in total. The van der Waals surface area contributed by atoms with E-state index in [4.69, 9.17) is 16.3 Å². The van der Waals surface area contributed by atoms with Crippen LogP contribution in [0.3, 0.4) is 0 Å². The average Bonchev–Trinajstić information content (AvgIpc) is 2.77. The molecule has 1 aromatic heterocycles. The Hall–Kier alpha value is -3.08. The third-order valence-corrected chi connectivity index (χ3v) is 5.32. The molecule has 0 bridgehead atoms. The molecule has 1 aliphatic heterocycles. The fourth-order valence-electron chi connectivity index (χ4n) is 3.54. The summed E-state index contributed by atoms with van der Waals surface area (Å²) in [6.07, 6.45) is 1.77. The fraction of sp³-hybridized carbons (Fsp3) is 0.286. The number of fused-ring (bicyclic) bond motifs is 1. The van der Waals surface area contributed by atoms with Crippen LogP contribution >= 0.6 is 11.6 Å². The van der Waals surface area contributed by atoms with Crippen molar-refractivity contribution in [3.05, 3.63) is 52.7 Å². The molecule has 0 unspecified atom stereocenters. The number of aromatic nitrogens is 2. The van der Waals surface area contributed by atoms with E-state index >= 15 is 0 Å². The number of hydrogen-bond acceptors (Lipinski definition) is 7. The van der Waals surface area contributed by atoms with Crippen molar-refractivity contribution in [3.63, 3.8) is 0 Å². The molecular formula is C21H21ClN6O. The molecule has 1 saturated heterocycles. The highest BCUT2D eigenvalue weighted by atomic mass is 35.5. The Kier molecular flexibility index (Phi) is 5.65. The van der Waals surface area contributed by atoms with Crippen molar-refractivity contribution in [3.8, 4) is 11.8 Å². The van der Waals surface area contributed by atoms with Gasteiger partial charge in [-0.15, -0.1) is 5.10 Å². The zero-order valence-electron chi connectivity index (χ0n) is 16.1. The van der Waals surface area contributed by atoms with Gasteiger partial charge in [0.15, 0.2) is 5.82 Å². The molecule has 3 aromatic rings. The monoisotopic (exact) mass is 408 g/mol. The minimum atomic E-state index is 0.525. The maximum atomic E-state index is 9.53. The Morgan fingerprint density at radius 2 is 2.07 bits per heavy atom. The molecule has 0 atom stereocenters. The minimum absolute atomic E-state index is 0.525. The molecule has 1 aliphatic rings. The van der Waals surface area contributed by atoms with Crippen LogP contribution in [0.15, 0.2) is 36.5 Å². The zero-order chi connectivity index (χ0) is 20.2. The Morgan fingerprint density at radius 3 is 2.79 bits per heavy atom. The van der Waals surface area contributed by atoms with Crippen LogP contribution < -0.4 is 20.3 Å². The molecule has 0 saturated carbocycles. The fourth-order valence-corrected chi connectivity index (χ4v) is 3.82. The van der Waals surface area contributed by atoms with Crippen LogP contribution in [0.25, 0.3) is 10.8 Å². The lowest BCUT2D eigenvalue weighted by Crippen LogP contribution is -2.43. The smallest absolute Gasteiger partial charge is 0.156 e. The van der Waals surface area contributed by atoms with Crippen LogP contribution in [0.5, 0.6) is 5.75 Å². The van der Waals surface area contributed by atoms with Gasteiger partial charge < -0.3 is 20.3 Å². The van der Waals surface area contributed by atoms with E-state index in [9.17, 15) is 5.26 Å². The summed E-state index contributed by atoms with van der Waals surface area (Å²) in [7, 11) is 1.59. The van der Waals surface area contributed by atoms with Gasteiger partial charge in [0.05, 0.1) is 30.0 Å². The quantitative estimate of drug-likeness (QED) is 0.670. The predicted molar refractivity (Wildman–Crippen MR) is 115 cm³/mol. The number of anilines is 2. The van der Waals surface area contributed by atoms with Gasteiger partial charge in [-0.1, -0.05) is 17.7 Å². The first kappa shape index (κ1) is 19.2. The summed E-state index contributed by atoms with van der Waals surface area (Å²) in [6.45, 7) is 4.14. The number of rotatable bonds is 5. The SMILES string of the molecule is COc1ccc(CNc2nncc3c(N4CCNCC4)cc(C#N)cc23)cc1Cl. The van der Waals surface area contributed by atoms with Crippen molar-refractivity contribution in [2.45, 2.75) is 6.54 Å². The maximum Gasteiger partial charge on any atom is 0.156 e. The number of hydrogen-bond donors (Lipinski definition) is 2. The Bertz CT molecular complexity index is 1070. The largest absolute Gasteiger partial charge is 0.495 e. The van der Waals surface area contributed by atoms with Crippen molar-refractivity contribution in [2.75, 3.05) is 43.5 Å². The Balaban J connectivity index is 1.68. The summed E-state index contributed by atoms with van der Waals surface area (Å²) in [5.74, 6) is 1.28. The second kappa shape index (κ2) is 8.52. The molecule has 2 N–H and O–H groups in total. The average molecular weight is 409 g/mol. The summed E-state index contributed by atoms with van der Waals surface area (Å²) in [5.41, 5.74) is 2.62. The van der Waals surface area contributed by atoms with Crippen LogP contribution in [0.1, 0.15) is 11.1 Å². The number of methoxy groups -OCH3 is 1. The summed E-state index contributed by atoms with van der Waals surface area (Å²) in [4.78, 5) is 2.29. The van der Waals surface area contributed by atoms with Gasteiger partial charge in [-0.05, 0) is 29.8 Å². The molecule has 0 aliphatic carbocycles. The molecule has 0 amide bonds. The van der Waals surface area contributed by atoms with E-state index in [2.05, 4.69) is 31.8 Å². The molecule has 1 fully saturated rings. The van der Waals surface area contributed by atoms with Gasteiger partial charge in [-0.25, -0.2) is 0 Å². The second-order valence-electron chi connectivity index (χ2n) is 6.82. The van der Waals surface area contributed by atoms with Crippen molar-refractivity contribution in [1.29, 1.82) is 5.26 Å². The topological polar surface area (TPSA) is 86.1 Å². The van der Waals surface area contributed by atoms with Crippen LogP contribution in [0.2, 0.25) is 5.02 Å². The predicted octanol–water partition coefficient (Wildman–Crippen LogP) is 3.19. The van der Waals surface area contributed by atoms with Crippen molar-refractivity contribution in [2.24, 2.45) is 0 Å². The first-order chi connectivity index (χ1) is 14.2. The van der Waals surface area contributed by atoms with Crippen molar-refractivity contribution in [1.82, 2.24) is 15.5 Å². The molecule has 0 radical (unpaired) electrons. The number of halogens is 1. The van der Waals surface area contributed by atoms with Gasteiger partial charge in [-0.3, -0.25) is 0 Å². The first-order valence-corrected chi connectivity index (χ1v) is 9.79. The summed E-state index contributed by atoms with van der Waals surface area (Å²) >= 11 is 6.23. The van der Waals surface area contributed by atoms with Crippen LogP contribution in [-0.4, -0.2) is 43.5 Å². The molecule has 148 valence electrons. The van der Waals surface area contributed by atoms with Gasteiger partial charge in [0.1, 0.15) is 5.75 Å². The lowest BCUT2D eigenvalue weighted by molar-refractivity contribution is 0.415. The van der Waals surface area contributed by atoms with E-state index in [-0.39, 0.29) is 0 Å². The maximum absolute atomic E-state index is 9.53. The third kappa shape index (κ3) is 4.04. The molecule has 2 aromatic carbocycles. The standard InChI is InChI=1S/C21H21ClN6O/c1-29-20-3-2-14(9-18(20)22)12-25-21-16-8-15(11-23)10-19(17(16)13-26-27-21)28-6-4-24-5-7-28/h2-3,8-10,13,24H,4-7,12H2,1H3,(H,25,27). The summed E-state index contributed by atoms with van der Waals surface area (Å²) in [5, 5.41) is 27.1. The lowest BCUT2D eigenvalue weighted by Gasteiger charge is -2.30. The first-order valence-electron chi connectivity index (χ1n) is 9.41. The highest BCUT2D eigenvalue weighted by Crippen LogP contribution is 2.32. The molecule has 8 heteroatoms. The molecule has 4 rings (SSSR count). The highest BCUT2D eigenvalue weighted by Gasteiger charge is 2.17. The highest BCUT2D eigenvalue weighted by molar-refractivity contribution is 6.32. The van der Waals surface area contributed by atoms with E-state index in [1.165, 1.54) is 0 Å². The minimum Gasteiger partial charge on any atom is -0.495 e. The van der Waals surface area contributed by atoms with E-state index in [0.29, 0.717) is 28.7 Å². The van der Waals surface area contributed by atoms with Gasteiger partial charge in [-0.2, -0.15) is 10.4 Å². The number of ether oxygens (including phenoxy) is 1. The number of benzene rings is 2. The number of piperazine rings is 1. The Labute approximate surface area is 174 Å². The van der Waals surface area contributed by atoms with Gasteiger partial charge >= 0.3 is 0 Å². The van der Waals surface area contributed by atoms with E-state index in [0.717, 1.165) is 48.2 Å². The van der Waals surface area contributed by atoms with Crippen LogP contribution in [-0.2, 0) is 6.54 Å². The lowest BCUT2D eigenvalue weighted by atomic mass is 10.1. The van der Waals surface area contributed by atoms with Gasteiger partial charge in [0.25, 0.3) is 0 Å². The molecule has 29 heavy (non-hydrogen) atoms. The molecule has 0 spiro atoms. The third-order valence-electron chi connectivity index (χ3n) is 5.02. The van der Waals surface area contributed by atoms with Crippen LogP contribution in [0.4, 0.5) is 11.5 Å². The normalized spacial score (nSPS) is 13.9. The van der Waals surface area contributed by atoms with E-state index in [1.807, 2.05) is 30.3 Å². The van der Waals surface area contributed by atoms with E-state index < -0.39 is 0 Å². The molecule has 2 heterocycles. The van der Waals surface area contributed by atoms with Crippen molar-refractivity contribution >= 4 is 33.9 Å². The molecular weight excluding hydrogens is 388 g/mol. The van der Waals surface area contributed by atoms with Crippen molar-refractivity contribution < 1.29 is 4.74 Å². The Morgan fingerprint density at radius 1 is 1.24 bits per heavy atom. The van der Waals surface area contributed by atoms with Gasteiger partial charge in [0.2, 0.25) is 0 Å². The number of nitrogens with one attached hydrogen (secondary N) is 2. The number of nitriles is 1. The zero-order valence-corrected chi connectivity index (χ0v) is 16.8. The summed E-state index contributed by atoms with van der Waals surface area (Å²) in [6, 6.07) is 11.7. The summed E-state index contributed by atoms with van der Waals surface area (Å²) < 4.78 is 5.20.